The van der Waals surface area contributed by atoms with Crippen molar-refractivity contribution in [2.45, 2.75) is 37.1 Å². The van der Waals surface area contributed by atoms with Gasteiger partial charge in [-0.2, -0.15) is 0 Å². The van der Waals surface area contributed by atoms with Crippen LogP contribution in [0.15, 0.2) is 23.1 Å². The first-order chi connectivity index (χ1) is 8.99. The van der Waals surface area contributed by atoms with Gasteiger partial charge < -0.3 is 5.32 Å². The summed E-state index contributed by atoms with van der Waals surface area (Å²) in [7, 11) is -3.78. The number of benzene rings is 1. The Balaban J connectivity index is 2.19. The summed E-state index contributed by atoms with van der Waals surface area (Å²) >= 11 is 0. The number of hydrogen-bond acceptors (Lipinski definition) is 3. The van der Waals surface area contributed by atoms with Gasteiger partial charge in [-0.1, -0.05) is 6.07 Å². The molecule has 1 aromatic rings. The second kappa shape index (κ2) is 5.98. The molecule has 0 bridgehead atoms. The SMILES string of the molecule is Cc1ccc(F)c(S(=O)(=O)NC2CCCNCC2)c1. The lowest BCUT2D eigenvalue weighted by atomic mass is 10.1. The van der Waals surface area contributed by atoms with E-state index in [1.54, 1.807) is 13.0 Å². The average molecular weight is 286 g/mol. The van der Waals surface area contributed by atoms with Gasteiger partial charge in [-0.05, 0) is 57.0 Å². The van der Waals surface area contributed by atoms with Crippen molar-refractivity contribution in [1.29, 1.82) is 0 Å². The molecule has 1 fully saturated rings. The van der Waals surface area contributed by atoms with Crippen LogP contribution in [0.25, 0.3) is 0 Å². The molecule has 1 atom stereocenters. The van der Waals surface area contributed by atoms with Crippen molar-refractivity contribution in [3.63, 3.8) is 0 Å². The van der Waals surface area contributed by atoms with Crippen LogP contribution in [0.2, 0.25) is 0 Å². The number of sulfonamides is 1. The fourth-order valence-corrected chi connectivity index (χ4v) is 3.70. The molecule has 19 heavy (non-hydrogen) atoms. The van der Waals surface area contributed by atoms with E-state index >= 15 is 0 Å². The van der Waals surface area contributed by atoms with Crippen molar-refractivity contribution in [3.05, 3.63) is 29.6 Å². The zero-order chi connectivity index (χ0) is 13.9. The number of halogens is 1. The van der Waals surface area contributed by atoms with Crippen LogP contribution in [0.4, 0.5) is 4.39 Å². The Bertz CT molecular complexity index is 538. The Labute approximate surface area is 113 Å². The highest BCUT2D eigenvalue weighted by Gasteiger charge is 2.23. The van der Waals surface area contributed by atoms with Crippen LogP contribution in [0.5, 0.6) is 0 Å². The molecular weight excluding hydrogens is 267 g/mol. The zero-order valence-electron chi connectivity index (χ0n) is 10.9. The topological polar surface area (TPSA) is 58.2 Å². The monoisotopic (exact) mass is 286 g/mol. The predicted octanol–water partition coefficient (Wildman–Crippen LogP) is 1.55. The van der Waals surface area contributed by atoms with E-state index in [2.05, 4.69) is 10.0 Å². The fourth-order valence-electron chi connectivity index (χ4n) is 2.24. The van der Waals surface area contributed by atoms with Gasteiger partial charge in [-0.3, -0.25) is 0 Å². The molecule has 1 unspecified atom stereocenters. The maximum atomic E-state index is 13.7. The third kappa shape index (κ3) is 3.75. The molecule has 1 aromatic carbocycles. The second-order valence-electron chi connectivity index (χ2n) is 4.93. The normalized spacial score (nSPS) is 21.1. The quantitative estimate of drug-likeness (QED) is 0.886. The van der Waals surface area contributed by atoms with Gasteiger partial charge in [-0.15, -0.1) is 0 Å². The van der Waals surface area contributed by atoms with Gasteiger partial charge in [0.2, 0.25) is 10.0 Å². The summed E-state index contributed by atoms with van der Waals surface area (Å²) in [4.78, 5) is -0.260. The van der Waals surface area contributed by atoms with Crippen LogP contribution in [0.1, 0.15) is 24.8 Å². The lowest BCUT2D eigenvalue weighted by Gasteiger charge is -2.16. The van der Waals surface area contributed by atoms with E-state index in [4.69, 9.17) is 0 Å². The maximum absolute atomic E-state index is 13.7. The lowest BCUT2D eigenvalue weighted by molar-refractivity contribution is 0.510. The minimum absolute atomic E-state index is 0.125. The van der Waals surface area contributed by atoms with E-state index in [1.807, 2.05) is 0 Å². The largest absolute Gasteiger partial charge is 0.317 e. The molecule has 1 saturated heterocycles. The molecule has 106 valence electrons. The van der Waals surface area contributed by atoms with Crippen LogP contribution < -0.4 is 10.0 Å². The average Bonchev–Trinajstić information content (AvgIpc) is 2.60. The van der Waals surface area contributed by atoms with Gasteiger partial charge in [0.1, 0.15) is 10.7 Å². The van der Waals surface area contributed by atoms with Crippen LogP contribution in [-0.2, 0) is 10.0 Å². The van der Waals surface area contributed by atoms with Gasteiger partial charge in [0, 0.05) is 6.04 Å². The van der Waals surface area contributed by atoms with Gasteiger partial charge >= 0.3 is 0 Å². The number of nitrogens with one attached hydrogen (secondary N) is 2. The summed E-state index contributed by atoms with van der Waals surface area (Å²) in [6.45, 7) is 3.43. The third-order valence-electron chi connectivity index (χ3n) is 3.27. The Morgan fingerprint density at radius 1 is 1.32 bits per heavy atom. The van der Waals surface area contributed by atoms with Crippen LogP contribution >= 0.6 is 0 Å². The number of hydrogen-bond donors (Lipinski definition) is 2. The molecule has 0 amide bonds. The van der Waals surface area contributed by atoms with Gasteiger partial charge in [0.15, 0.2) is 0 Å². The summed E-state index contributed by atoms with van der Waals surface area (Å²) in [5.74, 6) is -0.704. The predicted molar refractivity (Wildman–Crippen MR) is 72.0 cm³/mol. The number of rotatable bonds is 3. The summed E-state index contributed by atoms with van der Waals surface area (Å²) < 4.78 is 40.7. The summed E-state index contributed by atoms with van der Waals surface area (Å²) in [5, 5.41) is 3.21. The highest BCUT2D eigenvalue weighted by molar-refractivity contribution is 7.89. The molecule has 0 spiro atoms. The summed E-state index contributed by atoms with van der Waals surface area (Å²) in [6.07, 6.45) is 2.43. The Hall–Kier alpha value is -0.980. The molecular formula is C13H19FN2O2S. The van der Waals surface area contributed by atoms with Crippen LogP contribution in [-0.4, -0.2) is 27.5 Å². The molecule has 6 heteroatoms. The van der Waals surface area contributed by atoms with Crippen molar-refractivity contribution in [2.24, 2.45) is 0 Å². The Kier molecular flexibility index (Phi) is 4.54. The number of aryl methyl sites for hydroxylation is 1. The van der Waals surface area contributed by atoms with E-state index in [9.17, 15) is 12.8 Å². The first-order valence-corrected chi connectivity index (χ1v) is 7.96. The van der Waals surface area contributed by atoms with Crippen LogP contribution in [0, 0.1) is 12.7 Å². The fraction of sp³-hybridized carbons (Fsp3) is 0.538. The lowest BCUT2D eigenvalue weighted by Crippen LogP contribution is -2.35. The molecule has 0 saturated carbocycles. The molecule has 0 radical (unpaired) electrons. The van der Waals surface area contributed by atoms with E-state index < -0.39 is 15.8 Å². The zero-order valence-corrected chi connectivity index (χ0v) is 11.8. The van der Waals surface area contributed by atoms with Crippen molar-refractivity contribution < 1.29 is 12.8 Å². The maximum Gasteiger partial charge on any atom is 0.243 e. The van der Waals surface area contributed by atoms with Gasteiger partial charge in [0.05, 0.1) is 0 Å². The van der Waals surface area contributed by atoms with Gasteiger partial charge in [0.25, 0.3) is 0 Å². The standard InChI is InChI=1S/C13H19FN2O2S/c1-10-4-5-12(14)13(9-10)19(17,18)16-11-3-2-7-15-8-6-11/h4-5,9,11,15-16H,2-3,6-8H2,1H3. The molecule has 0 aromatic heterocycles. The van der Waals surface area contributed by atoms with E-state index in [0.717, 1.165) is 37.9 Å². The van der Waals surface area contributed by atoms with Crippen LogP contribution in [0.3, 0.4) is 0 Å². The summed E-state index contributed by atoms with van der Waals surface area (Å²) in [5.41, 5.74) is 0.726. The van der Waals surface area contributed by atoms with E-state index in [-0.39, 0.29) is 10.9 Å². The molecule has 1 heterocycles. The molecule has 2 rings (SSSR count). The first-order valence-electron chi connectivity index (χ1n) is 6.48. The Morgan fingerprint density at radius 3 is 2.89 bits per heavy atom. The molecule has 0 aliphatic carbocycles. The molecule has 1 aliphatic rings. The second-order valence-corrected chi connectivity index (χ2v) is 6.62. The van der Waals surface area contributed by atoms with E-state index in [1.165, 1.54) is 12.1 Å². The highest BCUT2D eigenvalue weighted by Crippen LogP contribution is 2.18. The molecule has 1 aliphatic heterocycles. The summed E-state index contributed by atoms with van der Waals surface area (Å²) in [6, 6.07) is 4.00. The Morgan fingerprint density at radius 2 is 2.11 bits per heavy atom. The first kappa shape index (κ1) is 14.4. The third-order valence-corrected chi connectivity index (χ3v) is 4.81. The van der Waals surface area contributed by atoms with Crippen molar-refractivity contribution >= 4 is 10.0 Å². The molecule has 4 nitrogen and oxygen atoms in total. The van der Waals surface area contributed by atoms with E-state index in [0.29, 0.717) is 0 Å². The minimum Gasteiger partial charge on any atom is -0.317 e. The highest BCUT2D eigenvalue weighted by atomic mass is 32.2. The minimum atomic E-state index is -3.78. The van der Waals surface area contributed by atoms with Crippen molar-refractivity contribution in [3.8, 4) is 0 Å². The van der Waals surface area contributed by atoms with Crippen molar-refractivity contribution in [1.82, 2.24) is 10.0 Å². The van der Waals surface area contributed by atoms with Crippen molar-refractivity contribution in [2.75, 3.05) is 13.1 Å². The molecule has 2 N–H and O–H groups in total. The smallest absolute Gasteiger partial charge is 0.243 e. The van der Waals surface area contributed by atoms with Gasteiger partial charge in [-0.25, -0.2) is 17.5 Å².